The van der Waals surface area contributed by atoms with Crippen molar-refractivity contribution < 1.29 is 23.1 Å². The van der Waals surface area contributed by atoms with Gasteiger partial charge in [-0.2, -0.15) is 18.3 Å². The van der Waals surface area contributed by atoms with Crippen LogP contribution in [-0.2, 0) is 6.18 Å². The molecule has 20 heavy (non-hydrogen) atoms. The molecule has 0 aliphatic heterocycles. The highest BCUT2D eigenvalue weighted by Gasteiger charge is 2.41. The Labute approximate surface area is 115 Å². The molecule has 0 aliphatic rings. The van der Waals surface area contributed by atoms with Crippen LogP contribution in [0.15, 0.2) is 18.5 Å². The summed E-state index contributed by atoms with van der Waals surface area (Å²) in [4.78, 5) is 14.7. The van der Waals surface area contributed by atoms with E-state index in [2.05, 4.69) is 10.1 Å². The largest absolute Gasteiger partial charge is 0.478 e. The fourth-order valence-electron chi connectivity index (χ4n) is 1.66. The zero-order valence-corrected chi connectivity index (χ0v) is 10.7. The number of rotatable bonds is 2. The molecule has 0 amide bonds. The predicted molar refractivity (Wildman–Crippen MR) is 63.1 cm³/mol. The van der Waals surface area contributed by atoms with Crippen molar-refractivity contribution in [1.82, 2.24) is 14.8 Å². The molecule has 0 bridgehead atoms. The maximum absolute atomic E-state index is 13.0. The number of aryl methyl sites for hydroxylation is 1. The summed E-state index contributed by atoms with van der Waals surface area (Å²) in [5.74, 6) is -1.72. The molecule has 0 saturated heterocycles. The van der Waals surface area contributed by atoms with Gasteiger partial charge in [0.1, 0.15) is 5.56 Å². The number of alkyl halides is 3. The smallest absolute Gasteiger partial charge is 0.434 e. The van der Waals surface area contributed by atoms with Gasteiger partial charge in [0.05, 0.1) is 22.6 Å². The van der Waals surface area contributed by atoms with Crippen molar-refractivity contribution in [3.05, 3.63) is 40.4 Å². The second kappa shape index (κ2) is 4.78. The normalized spacial score (nSPS) is 11.7. The first kappa shape index (κ1) is 14.3. The van der Waals surface area contributed by atoms with Crippen LogP contribution in [-0.4, -0.2) is 25.8 Å². The third-order valence-electron chi connectivity index (χ3n) is 2.54. The lowest BCUT2D eigenvalue weighted by Gasteiger charge is -2.13. The van der Waals surface area contributed by atoms with Crippen LogP contribution >= 0.6 is 11.6 Å². The van der Waals surface area contributed by atoms with Crippen molar-refractivity contribution in [2.45, 2.75) is 13.1 Å². The molecule has 0 fully saturated rings. The molecule has 0 aromatic carbocycles. The topological polar surface area (TPSA) is 68.0 Å². The molecule has 0 saturated carbocycles. The van der Waals surface area contributed by atoms with E-state index in [1.54, 1.807) is 0 Å². The van der Waals surface area contributed by atoms with Crippen LogP contribution < -0.4 is 0 Å². The third kappa shape index (κ3) is 2.34. The quantitative estimate of drug-likeness (QED) is 0.926. The number of aromatic nitrogens is 3. The van der Waals surface area contributed by atoms with E-state index in [0.29, 0.717) is 16.6 Å². The van der Waals surface area contributed by atoms with Crippen molar-refractivity contribution in [2.24, 2.45) is 0 Å². The van der Waals surface area contributed by atoms with Gasteiger partial charge in [0.25, 0.3) is 0 Å². The van der Waals surface area contributed by atoms with Gasteiger partial charge in [-0.05, 0) is 13.0 Å². The van der Waals surface area contributed by atoms with E-state index in [1.165, 1.54) is 19.2 Å². The Morgan fingerprint density at radius 2 is 2.10 bits per heavy atom. The first-order chi connectivity index (χ1) is 9.23. The van der Waals surface area contributed by atoms with E-state index in [4.69, 9.17) is 16.7 Å². The molecule has 2 rings (SSSR count). The minimum atomic E-state index is -4.88. The number of halogens is 4. The van der Waals surface area contributed by atoms with Crippen LogP contribution in [0.25, 0.3) is 5.69 Å². The lowest BCUT2D eigenvalue weighted by atomic mass is 10.2. The molecule has 0 radical (unpaired) electrons. The average molecular weight is 306 g/mol. The molecular formula is C11H7ClF3N3O2. The summed E-state index contributed by atoms with van der Waals surface area (Å²) >= 11 is 5.90. The fourth-order valence-corrected chi connectivity index (χ4v) is 1.85. The van der Waals surface area contributed by atoms with Gasteiger partial charge in [0.15, 0.2) is 5.69 Å². The number of carboxylic acids is 1. The maximum Gasteiger partial charge on any atom is 0.434 e. The summed E-state index contributed by atoms with van der Waals surface area (Å²) in [6.45, 7) is 1.51. The summed E-state index contributed by atoms with van der Waals surface area (Å²) < 4.78 is 39.6. The van der Waals surface area contributed by atoms with E-state index < -0.39 is 23.4 Å². The Morgan fingerprint density at radius 1 is 1.45 bits per heavy atom. The highest BCUT2D eigenvalue weighted by molar-refractivity contribution is 6.33. The molecule has 5 nitrogen and oxygen atoms in total. The van der Waals surface area contributed by atoms with Crippen LogP contribution in [0.1, 0.15) is 21.7 Å². The lowest BCUT2D eigenvalue weighted by Crippen LogP contribution is -2.17. The van der Waals surface area contributed by atoms with Gasteiger partial charge < -0.3 is 5.11 Å². The molecule has 106 valence electrons. The molecule has 9 heteroatoms. The van der Waals surface area contributed by atoms with Gasteiger partial charge in [0, 0.05) is 6.20 Å². The molecule has 0 atom stereocenters. The molecule has 0 unspecified atom stereocenters. The van der Waals surface area contributed by atoms with Crippen molar-refractivity contribution in [2.75, 3.05) is 0 Å². The van der Waals surface area contributed by atoms with Crippen LogP contribution in [0, 0.1) is 6.92 Å². The molecule has 1 N–H and O–H groups in total. The number of aromatic carboxylic acids is 1. The van der Waals surface area contributed by atoms with E-state index >= 15 is 0 Å². The number of hydrogen-bond donors (Lipinski definition) is 1. The van der Waals surface area contributed by atoms with Crippen molar-refractivity contribution in [1.29, 1.82) is 0 Å². The number of carbonyl (C=O) groups is 1. The number of hydrogen-bond acceptors (Lipinski definition) is 3. The van der Waals surface area contributed by atoms with Gasteiger partial charge >= 0.3 is 12.1 Å². The second-order valence-corrected chi connectivity index (χ2v) is 4.23. The molecule has 0 spiro atoms. The molecule has 0 aliphatic carbocycles. The number of nitrogens with zero attached hydrogens (tertiary/aromatic N) is 3. The summed E-state index contributed by atoms with van der Waals surface area (Å²) in [6, 6.07) is 1.23. The summed E-state index contributed by atoms with van der Waals surface area (Å²) in [7, 11) is 0. The Bertz CT molecular complexity index is 682. The monoisotopic (exact) mass is 305 g/mol. The van der Waals surface area contributed by atoms with E-state index in [1.807, 2.05) is 0 Å². The van der Waals surface area contributed by atoms with Crippen molar-refractivity contribution in [3.8, 4) is 5.69 Å². The highest BCUT2D eigenvalue weighted by atomic mass is 35.5. The molecular weight excluding hydrogens is 299 g/mol. The molecule has 2 aromatic rings. The maximum atomic E-state index is 13.0. The van der Waals surface area contributed by atoms with Gasteiger partial charge in [-0.1, -0.05) is 11.6 Å². The third-order valence-corrected chi connectivity index (χ3v) is 3.01. The Morgan fingerprint density at radius 3 is 2.65 bits per heavy atom. The minimum absolute atomic E-state index is 0.0296. The van der Waals surface area contributed by atoms with Crippen LogP contribution in [0.4, 0.5) is 13.2 Å². The summed E-state index contributed by atoms with van der Waals surface area (Å²) in [5.41, 5.74) is -2.11. The van der Waals surface area contributed by atoms with Gasteiger partial charge in [-0.3, -0.25) is 4.98 Å². The SMILES string of the molecule is Cc1nccc(-n2ncc(C(=O)O)c2C(F)(F)F)c1Cl. The highest BCUT2D eigenvalue weighted by Crippen LogP contribution is 2.35. The first-order valence-corrected chi connectivity index (χ1v) is 5.61. The Balaban J connectivity index is 2.76. The van der Waals surface area contributed by atoms with Gasteiger partial charge in [-0.15, -0.1) is 0 Å². The van der Waals surface area contributed by atoms with Crippen LogP contribution in [0.5, 0.6) is 0 Å². The molecule has 2 aromatic heterocycles. The fraction of sp³-hybridized carbons (Fsp3) is 0.182. The zero-order chi connectivity index (χ0) is 15.1. The van der Waals surface area contributed by atoms with Crippen LogP contribution in [0.2, 0.25) is 5.02 Å². The number of pyridine rings is 1. The second-order valence-electron chi connectivity index (χ2n) is 3.85. The van der Waals surface area contributed by atoms with Crippen LogP contribution in [0.3, 0.4) is 0 Å². The van der Waals surface area contributed by atoms with E-state index in [9.17, 15) is 18.0 Å². The summed E-state index contributed by atoms with van der Waals surface area (Å²) in [6.07, 6.45) is -2.99. The van der Waals surface area contributed by atoms with Gasteiger partial charge in [-0.25, -0.2) is 9.48 Å². The minimum Gasteiger partial charge on any atom is -0.478 e. The standard InChI is InChI=1S/C11H7ClF3N3O2/c1-5-8(12)7(2-3-16-5)18-9(11(13,14)15)6(4-17-18)10(19)20/h2-4H,1H3,(H,19,20). The first-order valence-electron chi connectivity index (χ1n) is 5.23. The predicted octanol–water partition coefficient (Wildman–Crippen LogP) is 2.95. The van der Waals surface area contributed by atoms with E-state index in [0.717, 1.165) is 0 Å². The Hall–Kier alpha value is -2.09. The van der Waals surface area contributed by atoms with Gasteiger partial charge in [0.2, 0.25) is 0 Å². The summed E-state index contributed by atoms with van der Waals surface area (Å²) in [5, 5.41) is 12.3. The van der Waals surface area contributed by atoms with Crippen molar-refractivity contribution in [3.63, 3.8) is 0 Å². The lowest BCUT2D eigenvalue weighted by molar-refractivity contribution is -0.143. The van der Waals surface area contributed by atoms with E-state index in [-0.39, 0.29) is 10.7 Å². The zero-order valence-electron chi connectivity index (χ0n) is 9.94. The van der Waals surface area contributed by atoms with Crippen molar-refractivity contribution >= 4 is 17.6 Å². The molecule has 2 heterocycles. The average Bonchev–Trinajstić information content (AvgIpc) is 2.77. The Kier molecular flexibility index (Phi) is 3.43. The number of carboxylic acid groups (broad SMARTS) is 1.